The molecular formula is C22H38O4. The van der Waals surface area contributed by atoms with Gasteiger partial charge in [0.05, 0.1) is 12.2 Å². The van der Waals surface area contributed by atoms with Crippen molar-refractivity contribution in [1.82, 2.24) is 0 Å². The number of carboxylic acids is 1. The van der Waals surface area contributed by atoms with Crippen molar-refractivity contribution in [3.05, 3.63) is 24.3 Å². The van der Waals surface area contributed by atoms with Gasteiger partial charge in [-0.2, -0.15) is 0 Å². The van der Waals surface area contributed by atoms with E-state index in [2.05, 4.69) is 26.0 Å². The number of carbonyl (C=O) groups is 1. The van der Waals surface area contributed by atoms with Crippen molar-refractivity contribution >= 4 is 5.97 Å². The van der Waals surface area contributed by atoms with Crippen LogP contribution in [0, 0.1) is 17.8 Å². The first-order valence-corrected chi connectivity index (χ1v) is 10.4. The second kappa shape index (κ2) is 13.1. The molecule has 0 amide bonds. The predicted octanol–water partition coefficient (Wildman–Crippen LogP) is 4.71. The van der Waals surface area contributed by atoms with Gasteiger partial charge in [0.2, 0.25) is 0 Å². The third-order valence-electron chi connectivity index (χ3n) is 5.67. The Morgan fingerprint density at radius 1 is 1.19 bits per heavy atom. The molecule has 1 aliphatic carbocycles. The fourth-order valence-corrected chi connectivity index (χ4v) is 3.89. The highest BCUT2D eigenvalue weighted by Gasteiger charge is 2.32. The van der Waals surface area contributed by atoms with E-state index in [4.69, 9.17) is 5.11 Å². The van der Waals surface area contributed by atoms with Crippen molar-refractivity contribution in [2.24, 2.45) is 17.8 Å². The second-order valence-electron chi connectivity index (χ2n) is 7.65. The molecule has 5 unspecified atom stereocenters. The third-order valence-corrected chi connectivity index (χ3v) is 5.67. The number of aliphatic hydroxyl groups excluding tert-OH is 2. The van der Waals surface area contributed by atoms with Crippen molar-refractivity contribution in [1.29, 1.82) is 0 Å². The molecule has 4 nitrogen and oxygen atoms in total. The molecule has 1 saturated carbocycles. The molecule has 1 rings (SSSR count). The molecule has 0 spiro atoms. The minimum absolute atomic E-state index is 0.199. The van der Waals surface area contributed by atoms with Crippen LogP contribution >= 0.6 is 0 Å². The fourth-order valence-electron chi connectivity index (χ4n) is 3.89. The van der Waals surface area contributed by atoms with Crippen LogP contribution in [0.2, 0.25) is 0 Å². The first-order chi connectivity index (χ1) is 12.5. The Morgan fingerprint density at radius 2 is 1.96 bits per heavy atom. The molecule has 0 radical (unpaired) electrons. The minimum Gasteiger partial charge on any atom is -0.481 e. The highest BCUT2D eigenvalue weighted by Crippen LogP contribution is 2.36. The number of allylic oxidation sites excluding steroid dienone is 3. The van der Waals surface area contributed by atoms with Gasteiger partial charge < -0.3 is 15.3 Å². The zero-order valence-electron chi connectivity index (χ0n) is 16.5. The summed E-state index contributed by atoms with van der Waals surface area (Å²) in [5.41, 5.74) is 0. The minimum atomic E-state index is -0.752. The number of rotatable bonds is 13. The Balaban J connectivity index is 2.48. The maximum atomic E-state index is 10.5. The predicted molar refractivity (Wildman–Crippen MR) is 106 cm³/mol. The van der Waals surface area contributed by atoms with Gasteiger partial charge in [-0.25, -0.2) is 0 Å². The normalized spacial score (nSPS) is 25.9. The number of aliphatic carboxylic acids is 1. The van der Waals surface area contributed by atoms with Gasteiger partial charge in [-0.05, 0) is 56.3 Å². The van der Waals surface area contributed by atoms with E-state index in [1.807, 2.05) is 12.2 Å². The van der Waals surface area contributed by atoms with Crippen molar-refractivity contribution in [2.75, 3.05) is 0 Å². The van der Waals surface area contributed by atoms with E-state index in [0.717, 1.165) is 51.4 Å². The quantitative estimate of drug-likeness (QED) is 0.326. The van der Waals surface area contributed by atoms with Gasteiger partial charge in [0.1, 0.15) is 0 Å². The molecule has 26 heavy (non-hydrogen) atoms. The number of unbranched alkanes of at least 4 members (excludes halogenated alkanes) is 2. The van der Waals surface area contributed by atoms with E-state index in [1.54, 1.807) is 0 Å². The van der Waals surface area contributed by atoms with Gasteiger partial charge in [0.25, 0.3) is 0 Å². The second-order valence-corrected chi connectivity index (χ2v) is 7.65. The Bertz CT molecular complexity index is 443. The zero-order chi connectivity index (χ0) is 19.4. The molecule has 0 aliphatic heterocycles. The molecule has 3 N–H and O–H groups in total. The van der Waals surface area contributed by atoms with Gasteiger partial charge >= 0.3 is 5.97 Å². The van der Waals surface area contributed by atoms with Crippen LogP contribution in [0.25, 0.3) is 0 Å². The smallest absolute Gasteiger partial charge is 0.303 e. The average molecular weight is 367 g/mol. The molecule has 5 atom stereocenters. The van der Waals surface area contributed by atoms with E-state index in [0.29, 0.717) is 18.3 Å². The molecular weight excluding hydrogens is 328 g/mol. The van der Waals surface area contributed by atoms with Crippen molar-refractivity contribution in [3.8, 4) is 0 Å². The molecule has 0 heterocycles. The Kier molecular flexibility index (Phi) is 11.5. The number of aliphatic hydroxyl groups is 2. The zero-order valence-corrected chi connectivity index (χ0v) is 16.5. The molecule has 0 saturated heterocycles. The SMILES string of the molecule is CCCCC(CC)C(O)/C=C/C1CCC(O)C1C/C=C/CCCC(=O)O. The van der Waals surface area contributed by atoms with Crippen molar-refractivity contribution in [3.63, 3.8) is 0 Å². The highest BCUT2D eigenvalue weighted by molar-refractivity contribution is 5.66. The van der Waals surface area contributed by atoms with Crippen molar-refractivity contribution < 1.29 is 20.1 Å². The average Bonchev–Trinajstić information content (AvgIpc) is 2.96. The summed E-state index contributed by atoms with van der Waals surface area (Å²) >= 11 is 0. The standard InChI is InChI=1S/C22H38O4/c1-3-5-10-17(4-2)20(23)15-13-18-14-16-21(24)19(18)11-8-6-7-9-12-22(25)26/h6,8,13,15,17-21,23-24H,3-5,7,9-12,14,16H2,1-2H3,(H,25,26)/b8-6+,15-13+. The van der Waals surface area contributed by atoms with Crippen LogP contribution in [-0.2, 0) is 4.79 Å². The number of hydrogen-bond donors (Lipinski definition) is 3. The van der Waals surface area contributed by atoms with E-state index < -0.39 is 12.1 Å². The van der Waals surface area contributed by atoms with Crippen LogP contribution in [0.5, 0.6) is 0 Å². The highest BCUT2D eigenvalue weighted by atomic mass is 16.4. The van der Waals surface area contributed by atoms with Gasteiger partial charge in [0.15, 0.2) is 0 Å². The summed E-state index contributed by atoms with van der Waals surface area (Å²) in [6.07, 6.45) is 16.1. The van der Waals surface area contributed by atoms with Gasteiger partial charge in [-0.1, -0.05) is 57.4 Å². The van der Waals surface area contributed by atoms with Gasteiger partial charge in [-0.3, -0.25) is 4.79 Å². The summed E-state index contributed by atoms with van der Waals surface area (Å²) in [4.78, 5) is 10.5. The molecule has 0 aromatic carbocycles. The summed E-state index contributed by atoms with van der Waals surface area (Å²) in [5, 5.41) is 29.4. The summed E-state index contributed by atoms with van der Waals surface area (Å²) in [5.74, 6) is 0.0831. The molecule has 0 aromatic rings. The van der Waals surface area contributed by atoms with E-state index in [1.165, 1.54) is 0 Å². The molecule has 1 fully saturated rings. The first kappa shape index (κ1) is 22.9. The van der Waals surface area contributed by atoms with Crippen LogP contribution in [0.15, 0.2) is 24.3 Å². The lowest BCUT2D eigenvalue weighted by atomic mass is 9.88. The Labute approximate surface area is 159 Å². The lowest BCUT2D eigenvalue weighted by Gasteiger charge is -2.21. The van der Waals surface area contributed by atoms with Crippen LogP contribution in [0.4, 0.5) is 0 Å². The van der Waals surface area contributed by atoms with Gasteiger partial charge in [-0.15, -0.1) is 0 Å². The van der Waals surface area contributed by atoms with E-state index in [9.17, 15) is 15.0 Å². The summed E-state index contributed by atoms with van der Waals surface area (Å²) in [7, 11) is 0. The van der Waals surface area contributed by atoms with E-state index >= 15 is 0 Å². The molecule has 0 aromatic heterocycles. The fraction of sp³-hybridized carbons (Fsp3) is 0.773. The molecule has 4 heteroatoms. The molecule has 150 valence electrons. The van der Waals surface area contributed by atoms with Crippen molar-refractivity contribution in [2.45, 2.75) is 90.3 Å². The number of carboxylic acid groups (broad SMARTS) is 1. The lowest BCUT2D eigenvalue weighted by Crippen LogP contribution is -2.20. The van der Waals surface area contributed by atoms with Crippen LogP contribution < -0.4 is 0 Å². The number of hydrogen-bond acceptors (Lipinski definition) is 3. The first-order valence-electron chi connectivity index (χ1n) is 10.4. The van der Waals surface area contributed by atoms with Crippen LogP contribution in [0.1, 0.15) is 78.1 Å². The summed E-state index contributed by atoms with van der Waals surface area (Å²) in [6, 6.07) is 0. The summed E-state index contributed by atoms with van der Waals surface area (Å²) < 4.78 is 0. The monoisotopic (exact) mass is 366 g/mol. The third kappa shape index (κ3) is 8.50. The molecule has 1 aliphatic rings. The lowest BCUT2D eigenvalue weighted by molar-refractivity contribution is -0.137. The maximum Gasteiger partial charge on any atom is 0.303 e. The van der Waals surface area contributed by atoms with Crippen LogP contribution in [-0.4, -0.2) is 33.5 Å². The van der Waals surface area contributed by atoms with Gasteiger partial charge in [0, 0.05) is 6.42 Å². The summed E-state index contributed by atoms with van der Waals surface area (Å²) in [6.45, 7) is 4.31. The van der Waals surface area contributed by atoms with E-state index in [-0.39, 0.29) is 18.4 Å². The molecule has 0 bridgehead atoms. The maximum absolute atomic E-state index is 10.5. The Hall–Kier alpha value is -1.13. The van der Waals surface area contributed by atoms with Crippen LogP contribution in [0.3, 0.4) is 0 Å². The topological polar surface area (TPSA) is 77.8 Å². The Morgan fingerprint density at radius 3 is 2.62 bits per heavy atom. The largest absolute Gasteiger partial charge is 0.481 e.